The number of carbonyl (C=O) groups is 1. The van der Waals surface area contributed by atoms with Crippen LogP contribution in [0.25, 0.3) is 11.2 Å². The number of carbonyl (C=O) groups excluding carboxylic acids is 1. The third kappa shape index (κ3) is 2.12. The monoisotopic (exact) mass is 234 g/mol. The molecule has 7 nitrogen and oxygen atoms in total. The summed E-state index contributed by atoms with van der Waals surface area (Å²) in [7, 11) is 0. The van der Waals surface area contributed by atoms with E-state index in [-0.39, 0.29) is 0 Å². The minimum Gasteiger partial charge on any atom is -0.369 e. The molecule has 0 saturated carbocycles. The predicted octanol–water partition coefficient (Wildman–Crippen LogP) is -0.00978. The molecule has 0 atom stereocenters. The van der Waals surface area contributed by atoms with E-state index >= 15 is 0 Å². The van der Waals surface area contributed by atoms with Crippen LogP contribution in [0.4, 0.5) is 10.7 Å². The van der Waals surface area contributed by atoms with Crippen LogP contribution in [0.5, 0.6) is 0 Å². The summed E-state index contributed by atoms with van der Waals surface area (Å²) in [6, 6.07) is 1.32. The lowest BCUT2D eigenvalue weighted by Gasteiger charge is -2.05. The number of urea groups is 1. The van der Waals surface area contributed by atoms with Crippen molar-refractivity contribution < 1.29 is 4.79 Å². The molecule has 2 amide bonds. The Labute approximate surface area is 97.8 Å². The maximum absolute atomic E-state index is 10.6. The zero-order chi connectivity index (χ0) is 12.4. The van der Waals surface area contributed by atoms with E-state index in [9.17, 15) is 4.79 Å². The van der Waals surface area contributed by atoms with E-state index in [2.05, 4.69) is 15.3 Å². The maximum Gasteiger partial charge on any atom is 0.312 e. The summed E-state index contributed by atoms with van der Waals surface area (Å²) >= 11 is 0. The van der Waals surface area contributed by atoms with Gasteiger partial charge in [0.05, 0.1) is 0 Å². The third-order valence-electron chi connectivity index (χ3n) is 2.50. The average Bonchev–Trinajstić information content (AvgIpc) is 2.57. The average molecular weight is 234 g/mol. The smallest absolute Gasteiger partial charge is 0.312 e. The van der Waals surface area contributed by atoms with Crippen molar-refractivity contribution in [1.82, 2.24) is 19.9 Å². The van der Waals surface area contributed by atoms with Crippen LogP contribution in [0, 0.1) is 6.92 Å². The number of anilines is 1. The van der Waals surface area contributed by atoms with Gasteiger partial charge in [-0.15, -0.1) is 0 Å². The Kier molecular flexibility index (Phi) is 2.82. The number of nitrogen functional groups attached to an aromatic ring is 1. The van der Waals surface area contributed by atoms with E-state index in [0.717, 1.165) is 11.1 Å². The molecule has 0 unspecified atom stereocenters. The van der Waals surface area contributed by atoms with Crippen molar-refractivity contribution in [1.29, 1.82) is 0 Å². The first-order chi connectivity index (χ1) is 8.09. The molecule has 17 heavy (non-hydrogen) atoms. The molecule has 0 fully saturated rings. The number of primary amides is 1. The number of hydrogen-bond acceptors (Lipinski definition) is 4. The van der Waals surface area contributed by atoms with Crippen LogP contribution in [0.3, 0.4) is 0 Å². The van der Waals surface area contributed by atoms with Crippen LogP contribution < -0.4 is 16.8 Å². The molecular formula is C10H14N6O. The van der Waals surface area contributed by atoms with Gasteiger partial charge in [-0.1, -0.05) is 0 Å². The SMILES string of the molecule is Cc1ccnc2c1nc(N)n2CCNC(N)=O. The molecule has 2 aromatic rings. The van der Waals surface area contributed by atoms with Gasteiger partial charge in [0.25, 0.3) is 0 Å². The molecule has 7 heteroatoms. The Morgan fingerprint density at radius 2 is 2.35 bits per heavy atom. The number of imidazole rings is 1. The molecule has 5 N–H and O–H groups in total. The number of rotatable bonds is 3. The molecule has 2 rings (SSSR count). The van der Waals surface area contributed by atoms with Crippen LogP contribution >= 0.6 is 0 Å². The van der Waals surface area contributed by atoms with Crippen molar-refractivity contribution in [2.45, 2.75) is 13.5 Å². The van der Waals surface area contributed by atoms with Crippen LogP contribution in [-0.2, 0) is 6.54 Å². The van der Waals surface area contributed by atoms with Crippen LogP contribution in [0.2, 0.25) is 0 Å². The fourth-order valence-electron chi connectivity index (χ4n) is 1.67. The summed E-state index contributed by atoms with van der Waals surface area (Å²) in [5.74, 6) is 0.382. The lowest BCUT2D eigenvalue weighted by Crippen LogP contribution is -2.32. The van der Waals surface area contributed by atoms with Gasteiger partial charge in [0.1, 0.15) is 5.52 Å². The van der Waals surface area contributed by atoms with Crippen LogP contribution in [0.1, 0.15) is 5.56 Å². The van der Waals surface area contributed by atoms with Gasteiger partial charge in [-0.3, -0.25) is 4.57 Å². The van der Waals surface area contributed by atoms with E-state index < -0.39 is 6.03 Å². The second-order valence-corrected chi connectivity index (χ2v) is 3.71. The molecule has 0 radical (unpaired) electrons. The first kappa shape index (κ1) is 11.2. The van der Waals surface area contributed by atoms with E-state index in [1.54, 1.807) is 10.8 Å². The standard InChI is InChI=1S/C10H14N6O/c1-6-2-3-13-8-7(6)15-9(11)16(8)5-4-14-10(12)17/h2-3H,4-5H2,1H3,(H2,11,15)(H3,12,14,17). The van der Waals surface area contributed by atoms with Crippen molar-refractivity contribution in [2.24, 2.45) is 5.73 Å². The first-order valence-corrected chi connectivity index (χ1v) is 5.20. The number of nitrogens with one attached hydrogen (secondary N) is 1. The van der Waals surface area contributed by atoms with Gasteiger partial charge in [-0.05, 0) is 18.6 Å². The highest BCUT2D eigenvalue weighted by Crippen LogP contribution is 2.18. The summed E-state index contributed by atoms with van der Waals surface area (Å²) in [5.41, 5.74) is 13.3. The number of hydrogen-bond donors (Lipinski definition) is 3. The van der Waals surface area contributed by atoms with E-state index in [1.807, 2.05) is 13.0 Å². The Morgan fingerprint density at radius 3 is 3.06 bits per heavy atom. The largest absolute Gasteiger partial charge is 0.369 e. The second kappa shape index (κ2) is 4.28. The van der Waals surface area contributed by atoms with Gasteiger partial charge >= 0.3 is 6.03 Å². The quantitative estimate of drug-likeness (QED) is 0.693. The van der Waals surface area contributed by atoms with Crippen molar-refractivity contribution in [2.75, 3.05) is 12.3 Å². The Morgan fingerprint density at radius 1 is 1.59 bits per heavy atom. The minimum atomic E-state index is -0.558. The van der Waals surface area contributed by atoms with Gasteiger partial charge < -0.3 is 16.8 Å². The van der Waals surface area contributed by atoms with Gasteiger partial charge in [0.2, 0.25) is 5.95 Å². The third-order valence-corrected chi connectivity index (χ3v) is 2.50. The Balaban J connectivity index is 2.30. The van der Waals surface area contributed by atoms with E-state index in [4.69, 9.17) is 11.5 Å². The number of pyridine rings is 1. The van der Waals surface area contributed by atoms with Gasteiger partial charge in [0, 0.05) is 19.3 Å². The maximum atomic E-state index is 10.6. The highest BCUT2D eigenvalue weighted by Gasteiger charge is 2.10. The first-order valence-electron chi connectivity index (χ1n) is 5.20. The zero-order valence-electron chi connectivity index (χ0n) is 9.47. The molecule has 0 bridgehead atoms. The number of nitrogens with zero attached hydrogens (tertiary/aromatic N) is 3. The molecule has 0 aliphatic rings. The number of amides is 2. The normalized spacial score (nSPS) is 10.6. The molecule has 2 heterocycles. The number of aryl methyl sites for hydroxylation is 1. The lowest BCUT2D eigenvalue weighted by atomic mass is 10.3. The summed E-state index contributed by atoms with van der Waals surface area (Å²) in [4.78, 5) is 19.1. The summed E-state index contributed by atoms with van der Waals surface area (Å²) in [6.45, 7) is 2.82. The van der Waals surface area contributed by atoms with Crippen molar-refractivity contribution in [3.63, 3.8) is 0 Å². The van der Waals surface area contributed by atoms with Gasteiger partial charge in [0.15, 0.2) is 5.65 Å². The lowest BCUT2D eigenvalue weighted by molar-refractivity contribution is 0.248. The molecule has 90 valence electrons. The number of aromatic nitrogens is 3. The summed E-state index contributed by atoms with van der Waals surface area (Å²) < 4.78 is 1.75. The number of fused-ring (bicyclic) bond motifs is 1. The summed E-state index contributed by atoms with van der Waals surface area (Å²) in [5, 5.41) is 2.50. The molecule has 0 saturated heterocycles. The fraction of sp³-hybridized carbons (Fsp3) is 0.300. The Bertz CT molecular complexity index is 561. The molecule has 0 aromatic carbocycles. The van der Waals surface area contributed by atoms with Crippen molar-refractivity contribution in [3.8, 4) is 0 Å². The molecule has 0 aliphatic heterocycles. The van der Waals surface area contributed by atoms with Crippen LogP contribution in [-0.4, -0.2) is 27.1 Å². The minimum absolute atomic E-state index is 0.382. The second-order valence-electron chi connectivity index (χ2n) is 3.71. The molecule has 2 aromatic heterocycles. The highest BCUT2D eigenvalue weighted by molar-refractivity contribution is 5.77. The van der Waals surface area contributed by atoms with Crippen molar-refractivity contribution in [3.05, 3.63) is 17.8 Å². The predicted molar refractivity (Wildman–Crippen MR) is 64.3 cm³/mol. The van der Waals surface area contributed by atoms with Crippen molar-refractivity contribution >= 4 is 23.1 Å². The van der Waals surface area contributed by atoms with E-state index in [1.165, 1.54) is 0 Å². The zero-order valence-corrected chi connectivity index (χ0v) is 9.47. The van der Waals surface area contributed by atoms with E-state index in [0.29, 0.717) is 24.7 Å². The van der Waals surface area contributed by atoms with Crippen LogP contribution in [0.15, 0.2) is 12.3 Å². The highest BCUT2D eigenvalue weighted by atomic mass is 16.2. The fourth-order valence-corrected chi connectivity index (χ4v) is 1.67. The molecule has 0 spiro atoms. The summed E-state index contributed by atoms with van der Waals surface area (Å²) in [6.07, 6.45) is 1.71. The number of nitrogens with two attached hydrogens (primary N) is 2. The van der Waals surface area contributed by atoms with Gasteiger partial charge in [-0.25, -0.2) is 14.8 Å². The van der Waals surface area contributed by atoms with Gasteiger partial charge in [-0.2, -0.15) is 0 Å². The molecule has 0 aliphatic carbocycles. The Hall–Kier alpha value is -2.31. The topological polar surface area (TPSA) is 112 Å². The molecular weight excluding hydrogens is 220 g/mol.